The van der Waals surface area contributed by atoms with Crippen molar-refractivity contribution >= 4 is 25.8 Å². The summed E-state index contributed by atoms with van der Waals surface area (Å²) in [6.07, 6.45) is -0.633. The molecule has 4 rings (SSSR count). The fourth-order valence-corrected chi connectivity index (χ4v) is 5.29. The molecule has 1 heterocycles. The van der Waals surface area contributed by atoms with Crippen LogP contribution in [0.1, 0.15) is 22.9 Å². The second-order valence-electron chi connectivity index (χ2n) is 7.07. The number of hydrogen-bond donors (Lipinski definition) is 1. The number of aryl methyl sites for hydroxylation is 1. The van der Waals surface area contributed by atoms with Crippen molar-refractivity contribution in [2.24, 2.45) is 5.73 Å². The number of ether oxygens (including phenoxy) is 1. The van der Waals surface area contributed by atoms with Gasteiger partial charge in [0.25, 0.3) is 0 Å². The first-order chi connectivity index (χ1) is 14.4. The molecule has 0 fully saturated rings. The Morgan fingerprint density at radius 1 is 0.967 bits per heavy atom. The number of nitrogens with two attached hydrogens (primary N) is 1. The third-order valence-corrected chi connectivity index (χ3v) is 7.39. The van der Waals surface area contributed by atoms with Crippen LogP contribution in [0.3, 0.4) is 0 Å². The highest BCUT2D eigenvalue weighted by Crippen LogP contribution is 2.41. The lowest BCUT2D eigenvalue weighted by Gasteiger charge is -2.28. The molecule has 154 valence electrons. The largest absolute Gasteiger partial charge is 0.449 e. The van der Waals surface area contributed by atoms with E-state index >= 15 is 0 Å². The first kappa shape index (κ1) is 20.5. The highest BCUT2D eigenvalue weighted by Gasteiger charge is 2.41. The smallest absolute Gasteiger partial charge is 0.227 e. The summed E-state index contributed by atoms with van der Waals surface area (Å²) in [6, 6.07) is 23.9. The zero-order valence-electron chi connectivity index (χ0n) is 16.3. The Labute approximate surface area is 184 Å². The fraction of sp³-hybridized carbons (Fsp3) is 0.130. The van der Waals surface area contributed by atoms with Crippen molar-refractivity contribution in [3.63, 3.8) is 0 Å². The van der Waals surface area contributed by atoms with Crippen molar-refractivity contribution < 1.29 is 13.2 Å². The van der Waals surface area contributed by atoms with E-state index in [1.165, 1.54) is 0 Å². The first-order valence-electron chi connectivity index (χ1n) is 9.41. The Morgan fingerprint density at radius 3 is 2.27 bits per heavy atom. The summed E-state index contributed by atoms with van der Waals surface area (Å²) in [6.45, 7) is 2.31. The molecule has 0 spiro atoms. The van der Waals surface area contributed by atoms with E-state index in [9.17, 15) is 8.42 Å². The highest BCUT2D eigenvalue weighted by molar-refractivity contribution is 9.10. The van der Waals surface area contributed by atoms with Crippen LogP contribution in [-0.4, -0.2) is 13.3 Å². The molecule has 0 amide bonds. The number of rotatable bonds is 5. The summed E-state index contributed by atoms with van der Waals surface area (Å²) in [5.41, 5.74) is 9.01. The molecule has 1 aliphatic rings. The molecule has 3 aromatic carbocycles. The summed E-state index contributed by atoms with van der Waals surface area (Å²) in [4.78, 5) is 1.89. The van der Waals surface area contributed by atoms with Gasteiger partial charge in [-0.2, -0.15) is 0 Å². The summed E-state index contributed by atoms with van der Waals surface area (Å²) in [7, 11) is -3.89. The van der Waals surface area contributed by atoms with Crippen LogP contribution in [0.25, 0.3) is 0 Å². The number of hydrogen-bond acceptors (Lipinski definition) is 5. The van der Waals surface area contributed by atoms with Crippen LogP contribution in [0, 0.1) is 6.92 Å². The molecular weight excluding hydrogens is 464 g/mol. The Hall–Kier alpha value is -2.77. The Bertz CT molecular complexity index is 1190. The van der Waals surface area contributed by atoms with Gasteiger partial charge in [0, 0.05) is 16.6 Å². The van der Waals surface area contributed by atoms with E-state index in [2.05, 4.69) is 15.9 Å². The van der Waals surface area contributed by atoms with Crippen molar-refractivity contribution in [1.82, 2.24) is 4.90 Å². The minimum atomic E-state index is -3.89. The van der Waals surface area contributed by atoms with Crippen LogP contribution < -0.4 is 5.73 Å². The van der Waals surface area contributed by atoms with Crippen LogP contribution in [0.2, 0.25) is 0 Å². The number of benzene rings is 3. The third kappa shape index (κ3) is 3.82. The molecule has 0 saturated heterocycles. The maximum atomic E-state index is 13.5. The van der Waals surface area contributed by atoms with Gasteiger partial charge in [-0.15, -0.1) is 0 Å². The van der Waals surface area contributed by atoms with Crippen LogP contribution in [0.5, 0.6) is 0 Å². The quantitative estimate of drug-likeness (QED) is 0.560. The Balaban J connectivity index is 1.82. The van der Waals surface area contributed by atoms with Gasteiger partial charge in [-0.3, -0.25) is 0 Å². The number of sulfone groups is 1. The fourth-order valence-electron chi connectivity index (χ4n) is 3.52. The third-order valence-electron chi connectivity index (χ3n) is 5.02. The Morgan fingerprint density at radius 2 is 1.60 bits per heavy atom. The number of halogens is 1. The van der Waals surface area contributed by atoms with Crippen molar-refractivity contribution in [2.45, 2.75) is 24.6 Å². The zero-order chi connectivity index (χ0) is 21.3. The van der Waals surface area contributed by atoms with Crippen molar-refractivity contribution in [2.75, 3.05) is 0 Å². The van der Waals surface area contributed by atoms with Gasteiger partial charge in [0.05, 0.1) is 4.90 Å². The average molecular weight is 485 g/mol. The zero-order valence-corrected chi connectivity index (χ0v) is 18.7. The predicted octanol–water partition coefficient (Wildman–Crippen LogP) is 4.85. The molecule has 7 heteroatoms. The van der Waals surface area contributed by atoms with E-state index in [1.54, 1.807) is 29.2 Å². The topological polar surface area (TPSA) is 72.6 Å². The van der Waals surface area contributed by atoms with E-state index in [1.807, 2.05) is 61.5 Å². The first-order valence-corrected chi connectivity index (χ1v) is 11.7. The molecule has 0 aromatic heterocycles. The van der Waals surface area contributed by atoms with Gasteiger partial charge in [-0.1, -0.05) is 70.5 Å². The lowest BCUT2D eigenvalue weighted by atomic mass is 10.1. The van der Waals surface area contributed by atoms with Crippen LogP contribution in [-0.2, 0) is 21.1 Å². The summed E-state index contributed by atoms with van der Waals surface area (Å²) in [5, 5.41) is -0.0121. The lowest BCUT2D eigenvalue weighted by molar-refractivity contribution is 0.0355. The van der Waals surface area contributed by atoms with Gasteiger partial charge < -0.3 is 15.4 Å². The molecule has 1 unspecified atom stereocenters. The summed E-state index contributed by atoms with van der Waals surface area (Å²) in [5.74, 6) is -0.0953. The summed E-state index contributed by atoms with van der Waals surface area (Å²) < 4.78 is 33.8. The summed E-state index contributed by atoms with van der Waals surface area (Å²) >= 11 is 3.35. The van der Waals surface area contributed by atoms with E-state index in [0.717, 1.165) is 21.2 Å². The van der Waals surface area contributed by atoms with E-state index < -0.39 is 16.1 Å². The number of nitrogens with zero attached hydrogens (tertiary/aromatic N) is 1. The molecule has 0 aliphatic carbocycles. The molecule has 1 aliphatic heterocycles. The molecule has 5 nitrogen and oxygen atoms in total. The van der Waals surface area contributed by atoms with Gasteiger partial charge >= 0.3 is 0 Å². The monoisotopic (exact) mass is 484 g/mol. The molecule has 30 heavy (non-hydrogen) atoms. The van der Waals surface area contributed by atoms with Crippen LogP contribution in [0.4, 0.5) is 0 Å². The predicted molar refractivity (Wildman–Crippen MR) is 120 cm³/mol. The minimum absolute atomic E-state index is 0.0121. The highest BCUT2D eigenvalue weighted by atomic mass is 79.9. The van der Waals surface area contributed by atoms with Gasteiger partial charge in [0.1, 0.15) is 0 Å². The molecule has 0 radical (unpaired) electrons. The van der Waals surface area contributed by atoms with Crippen molar-refractivity contribution in [3.8, 4) is 0 Å². The van der Waals surface area contributed by atoms with Gasteiger partial charge in [-0.05, 0) is 42.3 Å². The molecule has 0 saturated carbocycles. The normalized spacial score (nSPS) is 16.6. The Kier molecular flexibility index (Phi) is 5.58. The van der Waals surface area contributed by atoms with Gasteiger partial charge in [-0.25, -0.2) is 8.42 Å². The van der Waals surface area contributed by atoms with Gasteiger partial charge in [0.15, 0.2) is 5.03 Å². The second kappa shape index (κ2) is 8.16. The molecule has 1 atom stereocenters. The molecule has 0 bridgehead atoms. The van der Waals surface area contributed by atoms with E-state index in [-0.39, 0.29) is 15.8 Å². The molecule has 3 aromatic rings. The van der Waals surface area contributed by atoms with E-state index in [0.29, 0.717) is 6.54 Å². The lowest BCUT2D eigenvalue weighted by Crippen LogP contribution is -2.28. The van der Waals surface area contributed by atoms with Crippen LogP contribution in [0.15, 0.2) is 99.1 Å². The maximum Gasteiger partial charge on any atom is 0.227 e. The van der Waals surface area contributed by atoms with Crippen LogP contribution >= 0.6 is 15.9 Å². The SMILES string of the molecule is Cc1ccccc1C1OC(N)=C(S(=O)(=O)c2ccc(Br)cc2)N1Cc1ccccc1. The van der Waals surface area contributed by atoms with Crippen molar-refractivity contribution in [3.05, 3.63) is 111 Å². The maximum absolute atomic E-state index is 13.5. The minimum Gasteiger partial charge on any atom is -0.449 e. The van der Waals surface area contributed by atoms with Gasteiger partial charge in [0.2, 0.25) is 21.9 Å². The van der Waals surface area contributed by atoms with E-state index in [4.69, 9.17) is 10.5 Å². The average Bonchev–Trinajstić information content (AvgIpc) is 3.05. The van der Waals surface area contributed by atoms with Crippen molar-refractivity contribution in [1.29, 1.82) is 0 Å². The second-order valence-corrected chi connectivity index (χ2v) is 9.85. The molecule has 2 N–H and O–H groups in total. The molecular formula is C23H21BrN2O3S. The standard InChI is InChI=1S/C23H21BrN2O3S/c1-16-7-5-6-10-20(16)22-26(15-17-8-3-2-4-9-17)23(21(25)29-22)30(27,28)19-13-11-18(24)12-14-19/h2-14,22H,15,25H2,1H3.